The normalized spacial score (nSPS) is 27.3. The monoisotopic (exact) mass is 539 g/mol. The van der Waals surface area contributed by atoms with E-state index < -0.39 is 52.0 Å². The zero-order chi connectivity index (χ0) is 28.2. The van der Waals surface area contributed by atoms with Crippen LogP contribution in [0.5, 0.6) is 5.75 Å². The van der Waals surface area contributed by atoms with Gasteiger partial charge in [-0.3, -0.25) is 14.4 Å². The van der Waals surface area contributed by atoms with Gasteiger partial charge in [0.2, 0.25) is 5.78 Å². The Morgan fingerprint density at radius 3 is 2.46 bits per heavy atom. The predicted molar refractivity (Wildman–Crippen MR) is 143 cm³/mol. The minimum Gasteiger partial charge on any atom is -0.511 e. The van der Waals surface area contributed by atoms with Gasteiger partial charge in [-0.1, -0.05) is 19.3 Å². The van der Waals surface area contributed by atoms with Crippen LogP contribution in [0, 0.1) is 17.8 Å². The lowest BCUT2D eigenvalue weighted by Gasteiger charge is -2.46. The molecule has 4 aliphatic carbocycles. The summed E-state index contributed by atoms with van der Waals surface area (Å²) in [5.41, 5.74) is 4.12. The van der Waals surface area contributed by atoms with Crippen LogP contribution in [0.25, 0.3) is 0 Å². The van der Waals surface area contributed by atoms with Crippen LogP contribution in [0.15, 0.2) is 28.7 Å². The fourth-order valence-electron chi connectivity index (χ4n) is 7.24. The number of aliphatic hydroxyl groups excluding tert-OH is 2. The van der Waals surface area contributed by atoms with Crippen LogP contribution in [-0.4, -0.2) is 64.1 Å². The number of nitrogens with two attached hydrogens (primary N) is 1. The van der Waals surface area contributed by atoms with Crippen LogP contribution in [0.2, 0.25) is 0 Å². The number of Topliss-reactive ketones (excluding diaryl/α,β-unsaturated/α-hetero) is 2. The lowest BCUT2D eigenvalue weighted by Crippen LogP contribution is -2.57. The molecule has 1 aromatic rings. The van der Waals surface area contributed by atoms with Gasteiger partial charge in [-0.15, -0.1) is 0 Å². The summed E-state index contributed by atoms with van der Waals surface area (Å²) in [4.78, 5) is 40.6. The number of carbonyl (C=O) groups is 3. The van der Waals surface area contributed by atoms with Gasteiger partial charge in [0.1, 0.15) is 22.8 Å². The Kier molecular flexibility index (Phi) is 6.97. The summed E-state index contributed by atoms with van der Waals surface area (Å²) in [5, 5.41) is 47.5. The highest BCUT2D eigenvalue weighted by atomic mass is 16.3. The summed E-state index contributed by atoms with van der Waals surface area (Å²) >= 11 is 0. The lowest BCUT2D eigenvalue weighted by atomic mass is 9.60. The Bertz CT molecular complexity index is 1310. The smallest absolute Gasteiger partial charge is 0.255 e. The Balaban J connectivity index is 1.53. The van der Waals surface area contributed by atoms with Crippen LogP contribution in [-0.2, 0) is 22.6 Å². The van der Waals surface area contributed by atoms with Crippen molar-refractivity contribution in [2.45, 2.75) is 63.5 Å². The number of phenols is 1. The number of aliphatic hydroxyl groups is 3. The first-order valence-corrected chi connectivity index (χ1v) is 13.7. The zero-order valence-corrected chi connectivity index (χ0v) is 22.4. The van der Waals surface area contributed by atoms with Gasteiger partial charge in [0.25, 0.3) is 5.91 Å². The fourth-order valence-corrected chi connectivity index (χ4v) is 7.24. The van der Waals surface area contributed by atoms with Crippen LogP contribution >= 0.6 is 0 Å². The summed E-state index contributed by atoms with van der Waals surface area (Å²) in [6, 6.07) is 1.57. The first-order chi connectivity index (χ1) is 18.5. The van der Waals surface area contributed by atoms with Crippen molar-refractivity contribution in [3.05, 3.63) is 45.4 Å². The van der Waals surface area contributed by atoms with E-state index in [4.69, 9.17) is 5.73 Å². The van der Waals surface area contributed by atoms with Crippen LogP contribution in [0.4, 0.5) is 5.69 Å². The number of aromatic hydroxyl groups is 1. The average molecular weight is 540 g/mol. The highest BCUT2D eigenvalue weighted by molar-refractivity contribution is 6.24. The van der Waals surface area contributed by atoms with E-state index in [1.165, 1.54) is 32.1 Å². The predicted octanol–water partition coefficient (Wildman–Crippen LogP) is 2.32. The third-order valence-electron chi connectivity index (χ3n) is 9.03. The van der Waals surface area contributed by atoms with Crippen LogP contribution < -0.4 is 16.0 Å². The lowest BCUT2D eigenvalue weighted by molar-refractivity contribution is -0.144. The molecule has 3 atom stereocenters. The van der Waals surface area contributed by atoms with Crippen molar-refractivity contribution in [1.82, 2.24) is 5.32 Å². The minimum atomic E-state index is -2.56. The van der Waals surface area contributed by atoms with Gasteiger partial charge in [-0.25, -0.2) is 0 Å². The van der Waals surface area contributed by atoms with Crippen molar-refractivity contribution in [2.75, 3.05) is 25.5 Å². The van der Waals surface area contributed by atoms with Gasteiger partial charge in [0.05, 0.1) is 5.56 Å². The summed E-state index contributed by atoms with van der Waals surface area (Å²) < 4.78 is 0. The molecule has 39 heavy (non-hydrogen) atoms. The molecule has 1 fully saturated rings. The Hall–Kier alpha value is -3.37. The molecule has 1 saturated carbocycles. The number of phenolic OH excluding ortho intramolecular Hbond substituents is 1. The van der Waals surface area contributed by atoms with Gasteiger partial charge in [0, 0.05) is 44.2 Å². The third kappa shape index (κ3) is 4.30. The zero-order valence-electron chi connectivity index (χ0n) is 22.4. The first kappa shape index (κ1) is 27.2. The number of benzene rings is 1. The van der Waals surface area contributed by atoms with E-state index in [0.717, 1.165) is 17.8 Å². The van der Waals surface area contributed by atoms with E-state index in [2.05, 4.69) is 5.32 Å². The minimum absolute atomic E-state index is 0.0337. The molecule has 1 aromatic carbocycles. The summed E-state index contributed by atoms with van der Waals surface area (Å²) in [6.07, 6.45) is 6.36. The molecular weight excluding hydrogens is 502 g/mol. The molecule has 210 valence electrons. The molecule has 0 aliphatic heterocycles. The molecule has 1 unspecified atom stereocenters. The van der Waals surface area contributed by atoms with E-state index in [-0.39, 0.29) is 36.1 Å². The number of nitrogens with one attached hydrogen (secondary N) is 1. The van der Waals surface area contributed by atoms with Crippen molar-refractivity contribution < 1.29 is 34.8 Å². The second-order valence-corrected chi connectivity index (χ2v) is 11.7. The molecule has 0 heterocycles. The molecule has 4 aliphatic rings. The Morgan fingerprint density at radius 2 is 1.82 bits per heavy atom. The van der Waals surface area contributed by atoms with E-state index in [1.807, 2.05) is 19.0 Å². The molecule has 0 saturated heterocycles. The van der Waals surface area contributed by atoms with Crippen LogP contribution in [0.3, 0.4) is 0 Å². The molecule has 0 bridgehead atoms. The number of rotatable bonds is 6. The largest absolute Gasteiger partial charge is 0.511 e. The number of hydrogen-bond acceptors (Lipinski definition) is 9. The Labute approximate surface area is 227 Å². The number of nitrogens with zero attached hydrogens (tertiary/aromatic N) is 1. The van der Waals surface area contributed by atoms with Gasteiger partial charge < -0.3 is 36.4 Å². The second-order valence-electron chi connectivity index (χ2n) is 11.7. The number of ketones is 2. The highest BCUT2D eigenvalue weighted by Gasteiger charge is 2.59. The van der Waals surface area contributed by atoms with E-state index in [9.17, 15) is 34.8 Å². The molecular formula is C29H37N3O7. The molecule has 0 spiro atoms. The number of hydrogen-bond donors (Lipinski definition) is 6. The maximum Gasteiger partial charge on any atom is 0.255 e. The molecule has 5 rings (SSSR count). The number of fused-ring (bicyclic) bond motifs is 3. The van der Waals surface area contributed by atoms with Gasteiger partial charge in [-0.05, 0) is 61.3 Å². The van der Waals surface area contributed by atoms with E-state index in [1.54, 1.807) is 6.07 Å². The van der Waals surface area contributed by atoms with Crippen molar-refractivity contribution in [3.8, 4) is 5.75 Å². The number of amides is 1. The second kappa shape index (κ2) is 9.98. The SMILES string of the molecule is CN(C)c1c(CNCC2CCCCC2)cc(O)c2c1CC1C[C@H]3CC(O)=C(C(N)=O)C(=O)[C@@]3(O)C(O)=C1C2=O. The molecule has 7 N–H and O–H groups in total. The van der Waals surface area contributed by atoms with Crippen molar-refractivity contribution >= 4 is 23.2 Å². The number of carbonyl (C=O) groups excluding carboxylic acids is 3. The van der Waals surface area contributed by atoms with Crippen LogP contribution in [0.1, 0.15) is 66.4 Å². The molecule has 0 aromatic heterocycles. The standard InChI is InChI=1S/C29H37N3O7/c1-32(2)24-16(13-31-12-14-6-4-3-5-7-14)10-19(33)22-18(24)9-15-8-17-11-20(34)23(28(30)38)27(37)29(17,39)26(36)21(15)25(22)35/h10,14-15,17,31,33-34,36,39H,3-9,11-13H2,1-2H3,(H2,30,38)/t15?,17-,29-/m0/s1. The van der Waals surface area contributed by atoms with Crippen molar-refractivity contribution in [1.29, 1.82) is 0 Å². The van der Waals surface area contributed by atoms with Gasteiger partial charge in [-0.2, -0.15) is 0 Å². The molecule has 10 nitrogen and oxygen atoms in total. The fraction of sp³-hybridized carbons (Fsp3) is 0.552. The quantitative estimate of drug-likeness (QED) is 0.297. The topological polar surface area (TPSA) is 173 Å². The third-order valence-corrected chi connectivity index (χ3v) is 9.03. The van der Waals surface area contributed by atoms with Gasteiger partial charge >= 0.3 is 0 Å². The summed E-state index contributed by atoms with van der Waals surface area (Å²) in [7, 11) is 3.75. The molecule has 10 heteroatoms. The maximum atomic E-state index is 13.8. The molecule has 0 radical (unpaired) electrons. The number of allylic oxidation sites excluding steroid dienone is 2. The van der Waals surface area contributed by atoms with Crippen molar-refractivity contribution in [3.63, 3.8) is 0 Å². The van der Waals surface area contributed by atoms with Gasteiger partial charge in [0.15, 0.2) is 11.4 Å². The molecule has 1 amide bonds. The number of anilines is 1. The van der Waals surface area contributed by atoms with E-state index >= 15 is 0 Å². The average Bonchev–Trinajstić information content (AvgIpc) is 2.86. The summed E-state index contributed by atoms with van der Waals surface area (Å²) in [5.74, 6) is -5.58. The highest BCUT2D eigenvalue weighted by Crippen LogP contribution is 2.52. The van der Waals surface area contributed by atoms with Crippen molar-refractivity contribution in [2.24, 2.45) is 23.5 Å². The maximum absolute atomic E-state index is 13.8. The Morgan fingerprint density at radius 1 is 1.13 bits per heavy atom. The van der Waals surface area contributed by atoms with E-state index in [0.29, 0.717) is 18.0 Å². The first-order valence-electron chi connectivity index (χ1n) is 13.7. The summed E-state index contributed by atoms with van der Waals surface area (Å²) in [6.45, 7) is 1.40. The number of primary amides is 1.